The van der Waals surface area contributed by atoms with E-state index in [1.165, 1.54) is 10.8 Å². The Bertz CT molecular complexity index is 1570. The summed E-state index contributed by atoms with van der Waals surface area (Å²) in [5.41, 5.74) is 1.07. The second kappa shape index (κ2) is 10.1. The zero-order valence-electron chi connectivity index (χ0n) is 20.4. The Balaban J connectivity index is 1.73. The summed E-state index contributed by atoms with van der Waals surface area (Å²) in [5, 5.41) is -0.220. The molecule has 4 heterocycles. The topological polar surface area (TPSA) is 99.9 Å². The number of halogens is 3. The standard InChI is InChI=1S/C26H22ClF2N5O3/c1-14-9-21(37-12-19-17(29)10-16(28)11-32-19)22(27)24(36)34(14)20-6-8-30-23(15(20)2)18-5-7-31-25(33-18)26(3,4)13-35/h5-11,13H,12H2,1-4H3. The SMILES string of the molecule is Cc1c(-n2c(C)cc(OCc3ncc(F)cc3F)c(Cl)c2=O)ccnc1-c1ccnc(C(C)(C)C=O)n1. The van der Waals surface area contributed by atoms with E-state index in [1.807, 2.05) is 0 Å². The van der Waals surface area contributed by atoms with Crippen LogP contribution < -0.4 is 10.3 Å². The summed E-state index contributed by atoms with van der Waals surface area (Å²) < 4.78 is 34.0. The summed E-state index contributed by atoms with van der Waals surface area (Å²) in [6.45, 7) is 6.56. The van der Waals surface area contributed by atoms with E-state index in [0.29, 0.717) is 40.2 Å². The molecule has 0 N–H and O–H groups in total. The molecule has 4 aromatic heterocycles. The van der Waals surface area contributed by atoms with Gasteiger partial charge in [0.25, 0.3) is 5.56 Å². The number of carbonyl (C=O) groups excluding carboxylic acids is 1. The lowest BCUT2D eigenvalue weighted by Crippen LogP contribution is -2.23. The van der Waals surface area contributed by atoms with Crippen molar-refractivity contribution in [3.63, 3.8) is 0 Å². The highest BCUT2D eigenvalue weighted by atomic mass is 35.5. The quantitative estimate of drug-likeness (QED) is 0.323. The molecule has 0 amide bonds. The van der Waals surface area contributed by atoms with E-state index < -0.39 is 22.6 Å². The minimum absolute atomic E-state index is 0.0365. The van der Waals surface area contributed by atoms with Crippen LogP contribution in [0.2, 0.25) is 5.02 Å². The predicted octanol–water partition coefficient (Wildman–Crippen LogP) is 4.69. The lowest BCUT2D eigenvalue weighted by atomic mass is 9.94. The van der Waals surface area contributed by atoms with Gasteiger partial charge in [0.2, 0.25) is 0 Å². The van der Waals surface area contributed by atoms with Gasteiger partial charge >= 0.3 is 0 Å². The number of rotatable bonds is 7. The minimum Gasteiger partial charge on any atom is -0.485 e. The minimum atomic E-state index is -0.884. The molecule has 190 valence electrons. The van der Waals surface area contributed by atoms with E-state index in [0.717, 1.165) is 12.5 Å². The third-order valence-corrected chi connectivity index (χ3v) is 6.08. The van der Waals surface area contributed by atoms with E-state index in [4.69, 9.17) is 16.3 Å². The maximum atomic E-state index is 13.9. The van der Waals surface area contributed by atoms with Gasteiger partial charge in [0.15, 0.2) is 5.82 Å². The summed E-state index contributed by atoms with van der Waals surface area (Å²) in [4.78, 5) is 41.6. The second-order valence-corrected chi connectivity index (χ2v) is 9.26. The number of carbonyl (C=O) groups is 1. The largest absolute Gasteiger partial charge is 0.485 e. The predicted molar refractivity (Wildman–Crippen MR) is 133 cm³/mol. The number of pyridine rings is 3. The zero-order chi connectivity index (χ0) is 26.9. The van der Waals surface area contributed by atoms with Gasteiger partial charge in [-0.05, 0) is 39.8 Å². The van der Waals surface area contributed by atoms with Gasteiger partial charge in [-0.2, -0.15) is 0 Å². The normalized spacial score (nSPS) is 11.4. The van der Waals surface area contributed by atoms with Crippen molar-refractivity contribution in [2.45, 2.75) is 39.7 Å². The summed E-state index contributed by atoms with van der Waals surface area (Å²) in [7, 11) is 0. The molecule has 0 aliphatic rings. The lowest BCUT2D eigenvalue weighted by Gasteiger charge is -2.18. The Morgan fingerprint density at radius 3 is 2.54 bits per heavy atom. The van der Waals surface area contributed by atoms with Crippen molar-refractivity contribution in [2.24, 2.45) is 0 Å². The first-order valence-corrected chi connectivity index (χ1v) is 11.5. The van der Waals surface area contributed by atoms with Crippen molar-refractivity contribution >= 4 is 17.9 Å². The fourth-order valence-corrected chi connectivity index (χ4v) is 3.85. The molecule has 0 atom stereocenters. The fraction of sp³-hybridized carbons (Fsp3) is 0.231. The first-order valence-electron chi connectivity index (χ1n) is 11.1. The van der Waals surface area contributed by atoms with Gasteiger partial charge in [0.05, 0.1) is 28.7 Å². The van der Waals surface area contributed by atoms with E-state index in [-0.39, 0.29) is 23.1 Å². The van der Waals surface area contributed by atoms with Crippen LogP contribution in [0.25, 0.3) is 17.1 Å². The number of hydrogen-bond acceptors (Lipinski definition) is 7. The van der Waals surface area contributed by atoms with Crippen LogP contribution in [0.4, 0.5) is 8.78 Å². The lowest BCUT2D eigenvalue weighted by molar-refractivity contribution is -0.111. The molecule has 4 aromatic rings. The smallest absolute Gasteiger partial charge is 0.277 e. The van der Waals surface area contributed by atoms with Gasteiger partial charge < -0.3 is 9.53 Å². The van der Waals surface area contributed by atoms with E-state index in [9.17, 15) is 18.4 Å². The number of nitrogens with zero attached hydrogens (tertiary/aromatic N) is 5. The molecule has 37 heavy (non-hydrogen) atoms. The molecule has 0 aromatic carbocycles. The number of aryl methyl sites for hydroxylation is 1. The van der Waals surface area contributed by atoms with Gasteiger partial charge in [-0.15, -0.1) is 0 Å². The maximum absolute atomic E-state index is 13.9. The molecule has 11 heteroatoms. The number of ether oxygens (including phenoxy) is 1. The van der Waals surface area contributed by atoms with Gasteiger partial charge in [-0.25, -0.2) is 18.7 Å². The molecule has 0 radical (unpaired) electrons. The third kappa shape index (κ3) is 5.10. The molecule has 0 saturated heterocycles. The molecular formula is C26H22ClF2N5O3. The summed E-state index contributed by atoms with van der Waals surface area (Å²) in [5.74, 6) is -1.30. The Morgan fingerprint density at radius 2 is 1.84 bits per heavy atom. The maximum Gasteiger partial charge on any atom is 0.277 e. The van der Waals surface area contributed by atoms with Crippen LogP contribution in [-0.2, 0) is 16.8 Å². The van der Waals surface area contributed by atoms with Gasteiger partial charge in [-0.3, -0.25) is 19.3 Å². The van der Waals surface area contributed by atoms with Crippen LogP contribution in [0, 0.1) is 25.5 Å². The van der Waals surface area contributed by atoms with E-state index in [1.54, 1.807) is 52.1 Å². The summed E-state index contributed by atoms with van der Waals surface area (Å²) >= 11 is 6.35. The van der Waals surface area contributed by atoms with Crippen LogP contribution in [0.5, 0.6) is 5.75 Å². The Hall–Kier alpha value is -4.05. The monoisotopic (exact) mass is 525 g/mol. The summed E-state index contributed by atoms with van der Waals surface area (Å²) in [6, 6.07) is 5.58. The number of hydrogen-bond donors (Lipinski definition) is 0. The van der Waals surface area contributed by atoms with Crippen molar-refractivity contribution in [3.05, 3.63) is 92.6 Å². The highest BCUT2D eigenvalue weighted by Crippen LogP contribution is 2.29. The van der Waals surface area contributed by atoms with Crippen LogP contribution >= 0.6 is 11.6 Å². The second-order valence-electron chi connectivity index (χ2n) is 8.88. The van der Waals surface area contributed by atoms with Crippen LogP contribution in [0.3, 0.4) is 0 Å². The van der Waals surface area contributed by atoms with Crippen LogP contribution in [0.15, 0.2) is 47.7 Å². The van der Waals surface area contributed by atoms with Crippen molar-refractivity contribution in [1.82, 2.24) is 24.5 Å². The number of aromatic nitrogens is 5. The zero-order valence-corrected chi connectivity index (χ0v) is 21.2. The Labute approximate surface area is 216 Å². The highest BCUT2D eigenvalue weighted by molar-refractivity contribution is 6.31. The average Bonchev–Trinajstić information content (AvgIpc) is 2.87. The number of aldehydes is 1. The van der Waals surface area contributed by atoms with Crippen LogP contribution in [0.1, 0.15) is 36.6 Å². The average molecular weight is 526 g/mol. The molecule has 0 bridgehead atoms. The molecule has 0 saturated carbocycles. The summed E-state index contributed by atoms with van der Waals surface area (Å²) in [6.07, 6.45) is 4.74. The fourth-order valence-electron chi connectivity index (χ4n) is 3.66. The van der Waals surface area contributed by atoms with E-state index in [2.05, 4.69) is 19.9 Å². The van der Waals surface area contributed by atoms with Gasteiger partial charge in [0.1, 0.15) is 41.0 Å². The van der Waals surface area contributed by atoms with Crippen LogP contribution in [-0.4, -0.2) is 30.8 Å². The molecular weight excluding hydrogens is 504 g/mol. The van der Waals surface area contributed by atoms with Crippen molar-refractivity contribution in [1.29, 1.82) is 0 Å². The molecule has 0 fully saturated rings. The first kappa shape index (κ1) is 26.0. The van der Waals surface area contributed by atoms with Crippen molar-refractivity contribution < 1.29 is 18.3 Å². The van der Waals surface area contributed by atoms with Crippen molar-refractivity contribution in [2.75, 3.05) is 0 Å². The van der Waals surface area contributed by atoms with E-state index >= 15 is 0 Å². The highest BCUT2D eigenvalue weighted by Gasteiger charge is 2.24. The van der Waals surface area contributed by atoms with Gasteiger partial charge in [-0.1, -0.05) is 11.6 Å². The van der Waals surface area contributed by atoms with Crippen molar-refractivity contribution in [3.8, 4) is 22.8 Å². The molecule has 0 spiro atoms. The molecule has 0 aliphatic carbocycles. The molecule has 0 unspecified atom stereocenters. The van der Waals surface area contributed by atoms with Gasteiger partial charge in [0, 0.05) is 35.8 Å². The first-order chi connectivity index (χ1) is 17.5. The third-order valence-electron chi connectivity index (χ3n) is 5.73. The molecule has 0 aliphatic heterocycles. The Kier molecular flexibility index (Phi) is 7.13. The molecule has 8 nitrogen and oxygen atoms in total. The Morgan fingerprint density at radius 1 is 1.11 bits per heavy atom. The molecule has 4 rings (SSSR count).